The summed E-state index contributed by atoms with van der Waals surface area (Å²) in [5.41, 5.74) is 5.86. The maximum atomic E-state index is 11.3. The number of carbonyl (C=O) groups is 1. The number of piperazine rings is 1. The summed E-state index contributed by atoms with van der Waals surface area (Å²) in [4.78, 5) is 30.8. The lowest BCUT2D eigenvalue weighted by Crippen LogP contribution is -2.46. The van der Waals surface area contributed by atoms with Gasteiger partial charge in [-0.2, -0.15) is 0 Å². The summed E-state index contributed by atoms with van der Waals surface area (Å²) in [6.07, 6.45) is 1.77. The Morgan fingerprint density at radius 1 is 1.23 bits per heavy atom. The van der Waals surface area contributed by atoms with E-state index in [1.807, 2.05) is 12.1 Å². The highest BCUT2D eigenvalue weighted by Crippen LogP contribution is 2.23. The number of pyridine rings is 1. The van der Waals surface area contributed by atoms with E-state index in [1.165, 1.54) is 12.1 Å². The minimum Gasteiger partial charge on any atom is -0.366 e. The van der Waals surface area contributed by atoms with E-state index in [-0.39, 0.29) is 11.3 Å². The molecule has 0 atom stereocenters. The molecule has 8 nitrogen and oxygen atoms in total. The zero-order valence-corrected chi connectivity index (χ0v) is 15.6. The molecule has 9 heteroatoms. The minimum absolute atomic E-state index is 0.0710. The predicted molar refractivity (Wildman–Crippen MR) is 101 cm³/mol. The van der Waals surface area contributed by atoms with Crippen LogP contribution in [0, 0.1) is 10.1 Å². The molecular formula is C17H18BrN5O3. The van der Waals surface area contributed by atoms with E-state index in [2.05, 4.69) is 30.7 Å². The van der Waals surface area contributed by atoms with Gasteiger partial charge in [-0.05, 0) is 34.1 Å². The van der Waals surface area contributed by atoms with Crippen LogP contribution in [0.15, 0.2) is 41.0 Å². The summed E-state index contributed by atoms with van der Waals surface area (Å²) >= 11 is 3.38. The Kier molecular flexibility index (Phi) is 5.48. The van der Waals surface area contributed by atoms with Gasteiger partial charge in [0.1, 0.15) is 5.82 Å². The van der Waals surface area contributed by atoms with Crippen molar-refractivity contribution in [3.63, 3.8) is 0 Å². The molecule has 0 aliphatic carbocycles. The van der Waals surface area contributed by atoms with Gasteiger partial charge in [0.15, 0.2) is 0 Å². The van der Waals surface area contributed by atoms with Crippen LogP contribution < -0.4 is 10.6 Å². The number of aromatic nitrogens is 1. The fourth-order valence-corrected chi connectivity index (χ4v) is 3.19. The predicted octanol–water partition coefficient (Wildman–Crippen LogP) is 2.17. The van der Waals surface area contributed by atoms with Crippen LogP contribution in [-0.2, 0) is 6.54 Å². The first-order valence-electron chi connectivity index (χ1n) is 8.10. The molecule has 1 saturated heterocycles. The molecule has 1 aliphatic heterocycles. The highest BCUT2D eigenvalue weighted by molar-refractivity contribution is 9.10. The number of nitro benzene ring substituents is 1. The van der Waals surface area contributed by atoms with Gasteiger partial charge in [0.25, 0.3) is 5.69 Å². The molecule has 136 valence electrons. The van der Waals surface area contributed by atoms with Gasteiger partial charge in [-0.3, -0.25) is 19.8 Å². The van der Waals surface area contributed by atoms with Crippen LogP contribution in [0.3, 0.4) is 0 Å². The number of rotatable bonds is 5. The number of anilines is 1. The zero-order chi connectivity index (χ0) is 18.7. The highest BCUT2D eigenvalue weighted by Gasteiger charge is 2.22. The molecule has 2 N–H and O–H groups in total. The number of amides is 1. The third kappa shape index (κ3) is 4.17. The second-order valence-corrected chi connectivity index (χ2v) is 6.98. The Bertz CT molecular complexity index is 820. The lowest BCUT2D eigenvalue weighted by atomic mass is 10.1. The first-order chi connectivity index (χ1) is 12.4. The molecule has 1 aromatic heterocycles. The molecule has 0 unspecified atom stereocenters. The quantitative estimate of drug-likeness (QED) is 0.587. The van der Waals surface area contributed by atoms with Crippen LogP contribution in [0.5, 0.6) is 0 Å². The Morgan fingerprint density at radius 2 is 1.96 bits per heavy atom. The molecule has 0 bridgehead atoms. The first kappa shape index (κ1) is 18.3. The van der Waals surface area contributed by atoms with Gasteiger partial charge in [0.2, 0.25) is 5.91 Å². The molecule has 26 heavy (non-hydrogen) atoms. The number of halogens is 1. The van der Waals surface area contributed by atoms with Crippen LogP contribution in [0.2, 0.25) is 0 Å². The number of nitrogens with two attached hydrogens (primary N) is 1. The lowest BCUT2D eigenvalue weighted by molar-refractivity contribution is -0.385. The normalized spacial score (nSPS) is 15.0. The van der Waals surface area contributed by atoms with Gasteiger partial charge in [-0.15, -0.1) is 0 Å². The van der Waals surface area contributed by atoms with Crippen molar-refractivity contribution in [2.75, 3.05) is 31.1 Å². The number of nitrogens with zero attached hydrogens (tertiary/aromatic N) is 4. The van der Waals surface area contributed by atoms with E-state index >= 15 is 0 Å². The van der Waals surface area contributed by atoms with Crippen molar-refractivity contribution < 1.29 is 9.72 Å². The van der Waals surface area contributed by atoms with Crippen LogP contribution in [0.4, 0.5) is 11.5 Å². The van der Waals surface area contributed by atoms with Crippen LogP contribution in [-0.4, -0.2) is 46.9 Å². The number of carbonyl (C=O) groups excluding carboxylic acids is 1. The fraction of sp³-hybridized carbons (Fsp3) is 0.294. The van der Waals surface area contributed by atoms with Crippen molar-refractivity contribution in [2.45, 2.75) is 6.54 Å². The van der Waals surface area contributed by atoms with Crippen molar-refractivity contribution in [1.82, 2.24) is 9.88 Å². The number of hydrogen-bond acceptors (Lipinski definition) is 6. The second-order valence-electron chi connectivity index (χ2n) is 6.06. The molecule has 1 aliphatic rings. The standard InChI is InChI=1S/C17H18BrN5O3/c18-14-3-4-16(20-10-14)22-7-5-21(6-8-22)11-13-2-1-12(17(19)24)9-15(13)23(25)26/h1-4,9-10H,5-8,11H2,(H2,19,24). The smallest absolute Gasteiger partial charge is 0.274 e. The van der Waals surface area contributed by atoms with Crippen molar-refractivity contribution in [3.05, 3.63) is 62.2 Å². The van der Waals surface area contributed by atoms with Crippen molar-refractivity contribution in [1.29, 1.82) is 0 Å². The lowest BCUT2D eigenvalue weighted by Gasteiger charge is -2.35. The SMILES string of the molecule is NC(=O)c1ccc(CN2CCN(c3ccc(Br)cn3)CC2)c([N+](=O)[O-])c1. The molecule has 0 saturated carbocycles. The van der Waals surface area contributed by atoms with E-state index in [4.69, 9.17) is 5.73 Å². The van der Waals surface area contributed by atoms with Gasteiger partial charge < -0.3 is 10.6 Å². The van der Waals surface area contributed by atoms with E-state index in [9.17, 15) is 14.9 Å². The van der Waals surface area contributed by atoms with Gasteiger partial charge in [0, 0.05) is 60.6 Å². The maximum Gasteiger partial charge on any atom is 0.274 e. The number of benzene rings is 1. The molecule has 0 radical (unpaired) electrons. The van der Waals surface area contributed by atoms with E-state index in [0.29, 0.717) is 12.1 Å². The van der Waals surface area contributed by atoms with Crippen LogP contribution in [0.1, 0.15) is 15.9 Å². The highest BCUT2D eigenvalue weighted by atomic mass is 79.9. The summed E-state index contributed by atoms with van der Waals surface area (Å²) < 4.78 is 0.937. The van der Waals surface area contributed by atoms with Crippen LogP contribution in [0.25, 0.3) is 0 Å². The largest absolute Gasteiger partial charge is 0.366 e. The van der Waals surface area contributed by atoms with Gasteiger partial charge >= 0.3 is 0 Å². The van der Waals surface area contributed by atoms with E-state index < -0.39 is 10.8 Å². The number of nitro groups is 1. The Hall–Kier alpha value is -2.52. The Labute approximate surface area is 158 Å². The van der Waals surface area contributed by atoms with Gasteiger partial charge in [-0.25, -0.2) is 4.98 Å². The summed E-state index contributed by atoms with van der Waals surface area (Å²) in [5, 5.41) is 11.3. The van der Waals surface area contributed by atoms with Gasteiger partial charge in [-0.1, -0.05) is 6.07 Å². The topological polar surface area (TPSA) is 106 Å². The molecule has 1 amide bonds. The third-order valence-electron chi connectivity index (χ3n) is 4.37. The zero-order valence-electron chi connectivity index (χ0n) is 14.0. The summed E-state index contributed by atoms with van der Waals surface area (Å²) in [6, 6.07) is 8.32. The summed E-state index contributed by atoms with van der Waals surface area (Å²) in [6.45, 7) is 3.58. The molecular weight excluding hydrogens is 402 g/mol. The molecule has 0 spiro atoms. The number of primary amides is 1. The van der Waals surface area contributed by atoms with E-state index in [0.717, 1.165) is 36.5 Å². The fourth-order valence-electron chi connectivity index (χ4n) is 2.95. The first-order valence-corrected chi connectivity index (χ1v) is 8.89. The van der Waals surface area contributed by atoms with Crippen LogP contribution >= 0.6 is 15.9 Å². The Morgan fingerprint density at radius 3 is 2.54 bits per heavy atom. The maximum absolute atomic E-state index is 11.3. The second kappa shape index (κ2) is 7.79. The minimum atomic E-state index is -0.671. The average molecular weight is 420 g/mol. The molecule has 3 rings (SSSR count). The summed E-state index contributed by atoms with van der Waals surface area (Å²) in [7, 11) is 0. The molecule has 1 aromatic carbocycles. The molecule has 1 fully saturated rings. The monoisotopic (exact) mass is 419 g/mol. The van der Waals surface area contributed by atoms with Gasteiger partial charge in [0.05, 0.1) is 4.92 Å². The van der Waals surface area contributed by atoms with Crippen molar-refractivity contribution >= 4 is 33.3 Å². The number of hydrogen-bond donors (Lipinski definition) is 1. The summed E-state index contributed by atoms with van der Waals surface area (Å²) in [5.74, 6) is 0.250. The van der Waals surface area contributed by atoms with Crippen molar-refractivity contribution in [3.8, 4) is 0 Å². The van der Waals surface area contributed by atoms with Crippen molar-refractivity contribution in [2.24, 2.45) is 5.73 Å². The average Bonchev–Trinajstić information content (AvgIpc) is 2.63. The third-order valence-corrected chi connectivity index (χ3v) is 4.84. The molecule has 2 heterocycles. The van der Waals surface area contributed by atoms with E-state index in [1.54, 1.807) is 12.3 Å². The Balaban J connectivity index is 1.66. The molecule has 2 aromatic rings.